The smallest absolute Gasteiger partial charge is 0.326 e. The van der Waals surface area contributed by atoms with Gasteiger partial charge in [-0.05, 0) is 31.0 Å². The summed E-state index contributed by atoms with van der Waals surface area (Å²) in [5.41, 5.74) is 0.816. The summed E-state index contributed by atoms with van der Waals surface area (Å²) in [5, 5.41) is 24.8. The number of ketones is 1. The monoisotopic (exact) mass is 412 g/mol. The van der Waals surface area contributed by atoms with Crippen LogP contribution in [0.3, 0.4) is 0 Å². The largest absolute Gasteiger partial charge is 0.480 e. The van der Waals surface area contributed by atoms with Crippen LogP contribution < -0.4 is 10.6 Å². The van der Waals surface area contributed by atoms with Gasteiger partial charge < -0.3 is 25.6 Å². The van der Waals surface area contributed by atoms with Crippen LogP contribution in [0.2, 0.25) is 0 Å². The van der Waals surface area contributed by atoms with Gasteiger partial charge in [0.05, 0.1) is 6.04 Å². The summed E-state index contributed by atoms with van der Waals surface area (Å²) in [4.78, 5) is 47.7. The maximum Gasteiger partial charge on any atom is 0.326 e. The lowest BCUT2D eigenvalue weighted by molar-refractivity contribution is -0.144. The van der Waals surface area contributed by atoms with Gasteiger partial charge in [-0.1, -0.05) is 48.5 Å². The molecule has 2 amide bonds. The second-order valence-corrected chi connectivity index (χ2v) is 6.81. The van der Waals surface area contributed by atoms with Gasteiger partial charge in [-0.15, -0.1) is 0 Å². The number of carbonyl (C=O) groups is 4. The lowest BCUT2D eigenvalue weighted by Crippen LogP contribution is -2.50. The van der Waals surface area contributed by atoms with Crippen LogP contribution in [0, 0.1) is 0 Å². The standard InChI is InChI=1S/C22H24N2O6/c1-14(25)12-13-17(22(29)30)23-21(28)19(26)18(15-8-4-2-5-9-15)24-20(27)16-10-6-3-7-11-16/h2-11,17-19,26H,12-13H2,1H3,(H,23,28)(H,24,27)(H,29,30)/t17-,18+,19-/m1/s1. The number of rotatable bonds is 10. The zero-order valence-electron chi connectivity index (χ0n) is 16.4. The second kappa shape index (κ2) is 10.9. The Balaban J connectivity index is 2.20. The van der Waals surface area contributed by atoms with Crippen LogP contribution in [0.5, 0.6) is 0 Å². The topological polar surface area (TPSA) is 133 Å². The number of Topliss-reactive ketones (excluding diaryl/α,β-unsaturated/α-hetero) is 1. The fourth-order valence-electron chi connectivity index (χ4n) is 2.83. The molecule has 2 rings (SSSR count). The fourth-order valence-corrected chi connectivity index (χ4v) is 2.83. The average Bonchev–Trinajstić information content (AvgIpc) is 2.75. The Morgan fingerprint density at radius 3 is 2.00 bits per heavy atom. The van der Waals surface area contributed by atoms with Gasteiger partial charge in [-0.2, -0.15) is 0 Å². The lowest BCUT2D eigenvalue weighted by Gasteiger charge is -2.25. The normalized spacial score (nSPS) is 13.5. The lowest BCUT2D eigenvalue weighted by atomic mass is 9.99. The van der Waals surface area contributed by atoms with Gasteiger partial charge in [0.25, 0.3) is 11.8 Å². The van der Waals surface area contributed by atoms with Crippen molar-refractivity contribution in [1.29, 1.82) is 0 Å². The highest BCUT2D eigenvalue weighted by molar-refractivity contribution is 5.95. The van der Waals surface area contributed by atoms with E-state index in [0.29, 0.717) is 11.1 Å². The number of carboxylic acid groups (broad SMARTS) is 1. The minimum absolute atomic E-state index is 0.0276. The van der Waals surface area contributed by atoms with E-state index in [2.05, 4.69) is 10.6 Å². The van der Waals surface area contributed by atoms with E-state index in [-0.39, 0.29) is 18.6 Å². The second-order valence-electron chi connectivity index (χ2n) is 6.81. The van der Waals surface area contributed by atoms with Crippen LogP contribution in [0.15, 0.2) is 60.7 Å². The van der Waals surface area contributed by atoms with Crippen molar-refractivity contribution in [2.45, 2.75) is 38.0 Å². The zero-order chi connectivity index (χ0) is 22.1. The first-order valence-electron chi connectivity index (χ1n) is 9.41. The number of hydrogen-bond acceptors (Lipinski definition) is 5. The molecule has 158 valence electrons. The molecule has 0 spiro atoms. The highest BCUT2D eigenvalue weighted by Crippen LogP contribution is 2.18. The van der Waals surface area contributed by atoms with E-state index in [9.17, 15) is 29.4 Å². The molecular weight excluding hydrogens is 388 g/mol. The first-order valence-corrected chi connectivity index (χ1v) is 9.41. The van der Waals surface area contributed by atoms with Gasteiger partial charge in [0.15, 0.2) is 6.10 Å². The molecule has 3 atom stereocenters. The molecule has 0 saturated carbocycles. The van der Waals surface area contributed by atoms with E-state index in [1.165, 1.54) is 6.92 Å². The Hall–Kier alpha value is -3.52. The highest BCUT2D eigenvalue weighted by Gasteiger charge is 2.32. The number of aliphatic hydroxyl groups excluding tert-OH is 1. The van der Waals surface area contributed by atoms with Crippen molar-refractivity contribution in [2.24, 2.45) is 0 Å². The number of benzene rings is 2. The van der Waals surface area contributed by atoms with Crippen LogP contribution in [0.25, 0.3) is 0 Å². The Morgan fingerprint density at radius 1 is 0.900 bits per heavy atom. The molecule has 0 aliphatic rings. The number of carbonyl (C=O) groups excluding carboxylic acids is 3. The van der Waals surface area contributed by atoms with Gasteiger partial charge >= 0.3 is 5.97 Å². The predicted octanol–water partition coefficient (Wildman–Crippen LogP) is 1.46. The zero-order valence-corrected chi connectivity index (χ0v) is 16.4. The van der Waals surface area contributed by atoms with Crippen molar-refractivity contribution in [3.05, 3.63) is 71.8 Å². The minimum atomic E-state index is -1.75. The van der Waals surface area contributed by atoms with Crippen molar-refractivity contribution < 1.29 is 29.4 Å². The van der Waals surface area contributed by atoms with Crippen molar-refractivity contribution >= 4 is 23.6 Å². The number of aliphatic hydroxyl groups is 1. The summed E-state index contributed by atoms with van der Waals surface area (Å²) in [7, 11) is 0. The Bertz CT molecular complexity index is 885. The van der Waals surface area contributed by atoms with Crippen LogP contribution in [0.4, 0.5) is 0 Å². The third-order valence-corrected chi connectivity index (χ3v) is 4.47. The van der Waals surface area contributed by atoms with Gasteiger partial charge in [0.1, 0.15) is 11.8 Å². The third-order valence-electron chi connectivity index (χ3n) is 4.47. The molecule has 0 aliphatic carbocycles. The Kier molecular flexibility index (Phi) is 8.25. The maximum atomic E-state index is 12.6. The maximum absolute atomic E-state index is 12.6. The number of hydrogen-bond donors (Lipinski definition) is 4. The Morgan fingerprint density at radius 2 is 1.47 bits per heavy atom. The molecule has 0 radical (unpaired) electrons. The van der Waals surface area contributed by atoms with Crippen LogP contribution in [0.1, 0.15) is 41.7 Å². The molecule has 2 aromatic carbocycles. The minimum Gasteiger partial charge on any atom is -0.480 e. The summed E-state index contributed by atoms with van der Waals surface area (Å²) in [6, 6.07) is 14.2. The van der Waals surface area contributed by atoms with Crippen LogP contribution >= 0.6 is 0 Å². The molecule has 2 aromatic rings. The molecule has 30 heavy (non-hydrogen) atoms. The number of aliphatic carboxylic acids is 1. The summed E-state index contributed by atoms with van der Waals surface area (Å²) < 4.78 is 0. The molecular formula is C22H24N2O6. The van der Waals surface area contributed by atoms with Crippen molar-refractivity contribution in [3.8, 4) is 0 Å². The summed E-state index contributed by atoms with van der Waals surface area (Å²) in [5.74, 6) is -2.99. The number of carboxylic acids is 1. The SMILES string of the molecule is CC(=O)CC[C@@H](NC(=O)[C@H](O)[C@@H](NC(=O)c1ccccc1)c1ccccc1)C(=O)O. The average molecular weight is 412 g/mol. The molecule has 0 aliphatic heterocycles. The van der Waals surface area contributed by atoms with Gasteiger partial charge in [-0.3, -0.25) is 9.59 Å². The quantitative estimate of drug-likeness (QED) is 0.467. The molecule has 0 aromatic heterocycles. The van der Waals surface area contributed by atoms with Crippen molar-refractivity contribution in [3.63, 3.8) is 0 Å². The first kappa shape index (κ1) is 22.8. The van der Waals surface area contributed by atoms with Gasteiger partial charge in [0, 0.05) is 12.0 Å². The fraction of sp³-hybridized carbons (Fsp3) is 0.273. The molecule has 0 heterocycles. The van der Waals surface area contributed by atoms with E-state index in [0.717, 1.165) is 0 Å². The Labute approximate surface area is 173 Å². The van der Waals surface area contributed by atoms with Crippen molar-refractivity contribution in [2.75, 3.05) is 0 Å². The van der Waals surface area contributed by atoms with E-state index >= 15 is 0 Å². The summed E-state index contributed by atoms with van der Waals surface area (Å²) in [6.45, 7) is 1.32. The molecule has 0 saturated heterocycles. The van der Waals surface area contributed by atoms with Crippen LogP contribution in [-0.4, -0.2) is 45.9 Å². The summed E-state index contributed by atoms with van der Waals surface area (Å²) in [6.07, 6.45) is -1.88. The van der Waals surface area contributed by atoms with E-state index in [1.807, 2.05) is 0 Å². The first-order chi connectivity index (χ1) is 14.3. The van der Waals surface area contributed by atoms with Gasteiger partial charge in [-0.25, -0.2) is 4.79 Å². The molecule has 4 N–H and O–H groups in total. The number of amides is 2. The predicted molar refractivity (Wildman–Crippen MR) is 109 cm³/mol. The third kappa shape index (κ3) is 6.52. The van der Waals surface area contributed by atoms with Gasteiger partial charge in [0.2, 0.25) is 0 Å². The molecule has 0 fully saturated rings. The molecule has 8 heteroatoms. The van der Waals surface area contributed by atoms with E-state index in [1.54, 1.807) is 60.7 Å². The number of nitrogens with one attached hydrogen (secondary N) is 2. The summed E-state index contributed by atoms with van der Waals surface area (Å²) >= 11 is 0. The highest BCUT2D eigenvalue weighted by atomic mass is 16.4. The van der Waals surface area contributed by atoms with Crippen molar-refractivity contribution in [1.82, 2.24) is 10.6 Å². The molecule has 8 nitrogen and oxygen atoms in total. The molecule has 0 unspecified atom stereocenters. The van der Waals surface area contributed by atoms with E-state index < -0.39 is 36.0 Å². The molecule has 0 bridgehead atoms. The van der Waals surface area contributed by atoms with Crippen LogP contribution in [-0.2, 0) is 14.4 Å². The van der Waals surface area contributed by atoms with E-state index in [4.69, 9.17) is 0 Å².